The van der Waals surface area contributed by atoms with E-state index < -0.39 is 8.32 Å². The lowest BCUT2D eigenvalue weighted by Crippen LogP contribution is -2.56. The number of rotatable bonds is 6. The maximum Gasteiger partial charge on any atom is 0.290 e. The summed E-state index contributed by atoms with van der Waals surface area (Å²) < 4.78 is 8.68. The number of nitrogens with zero attached hydrogens (tertiary/aromatic N) is 4. The minimum atomic E-state index is -1.79. The molecule has 42 heavy (non-hydrogen) atoms. The van der Waals surface area contributed by atoms with Gasteiger partial charge in [0.1, 0.15) is 6.54 Å². The molecular formula is C34H52N4O3Si. The van der Waals surface area contributed by atoms with Crippen molar-refractivity contribution >= 4 is 31.2 Å². The quantitative estimate of drug-likeness (QED) is 0.335. The Kier molecular flexibility index (Phi) is 8.09. The third kappa shape index (κ3) is 5.82. The first kappa shape index (κ1) is 29.9. The smallest absolute Gasteiger partial charge is 0.290 e. The van der Waals surface area contributed by atoms with E-state index in [2.05, 4.69) is 46.0 Å². The number of amides is 2. The van der Waals surface area contributed by atoms with Crippen LogP contribution >= 0.6 is 0 Å². The van der Waals surface area contributed by atoms with Gasteiger partial charge in [0.05, 0.1) is 11.0 Å². The molecule has 0 N–H and O–H groups in total. The zero-order valence-electron chi connectivity index (χ0n) is 26.9. The average molecular weight is 593 g/mol. The molecule has 1 saturated heterocycles. The van der Waals surface area contributed by atoms with Crippen molar-refractivity contribution in [1.29, 1.82) is 0 Å². The molecule has 1 aromatic heterocycles. The van der Waals surface area contributed by atoms with Crippen molar-refractivity contribution in [3.8, 4) is 0 Å². The van der Waals surface area contributed by atoms with E-state index in [9.17, 15) is 9.59 Å². The summed E-state index contributed by atoms with van der Waals surface area (Å²) >= 11 is 0. The summed E-state index contributed by atoms with van der Waals surface area (Å²) in [5, 5.41) is 0.207. The van der Waals surface area contributed by atoms with Crippen LogP contribution in [0.5, 0.6) is 0 Å². The van der Waals surface area contributed by atoms with Crippen LogP contribution in [0.1, 0.15) is 125 Å². The fourth-order valence-corrected chi connectivity index (χ4v) is 8.78. The SMILES string of the molecule is Cn1c(C(=O)N2CCN([C@H]3CC[C@H](O[Si](C)(C)C(C)(C)C)CC3)C(=O)C2)nc2c(C3CCCCC3)cc(C3CC3)cc21. The second-order valence-corrected chi connectivity index (χ2v) is 20.0. The first-order valence-corrected chi connectivity index (χ1v) is 19.6. The summed E-state index contributed by atoms with van der Waals surface area (Å²) in [6, 6.07) is 4.94. The Morgan fingerprint density at radius 1 is 0.929 bits per heavy atom. The van der Waals surface area contributed by atoms with Gasteiger partial charge in [-0.1, -0.05) is 46.1 Å². The number of carbonyl (C=O) groups excluding carboxylic acids is 2. The van der Waals surface area contributed by atoms with Gasteiger partial charge in [0, 0.05) is 32.3 Å². The number of aryl methyl sites for hydroxylation is 1. The van der Waals surface area contributed by atoms with Crippen molar-refractivity contribution in [3.63, 3.8) is 0 Å². The van der Waals surface area contributed by atoms with E-state index in [1.807, 2.05) is 16.5 Å². The van der Waals surface area contributed by atoms with Crippen LogP contribution in [-0.2, 0) is 16.3 Å². The molecule has 4 fully saturated rings. The van der Waals surface area contributed by atoms with Gasteiger partial charge in [-0.15, -0.1) is 0 Å². The van der Waals surface area contributed by atoms with E-state index >= 15 is 0 Å². The molecule has 0 spiro atoms. The molecule has 2 aromatic rings. The molecule has 0 unspecified atom stereocenters. The minimum Gasteiger partial charge on any atom is -0.414 e. The number of hydrogen-bond acceptors (Lipinski definition) is 4. The largest absolute Gasteiger partial charge is 0.414 e. The van der Waals surface area contributed by atoms with Gasteiger partial charge in [0.25, 0.3) is 5.91 Å². The van der Waals surface area contributed by atoms with E-state index in [0.717, 1.165) is 36.7 Å². The minimum absolute atomic E-state index is 0.0704. The van der Waals surface area contributed by atoms with Crippen molar-refractivity contribution < 1.29 is 14.0 Å². The first-order valence-electron chi connectivity index (χ1n) is 16.7. The second kappa shape index (κ2) is 11.4. The van der Waals surface area contributed by atoms with E-state index in [1.54, 1.807) is 4.90 Å². The maximum absolute atomic E-state index is 13.9. The number of fused-ring (bicyclic) bond motifs is 1. The van der Waals surface area contributed by atoms with Crippen molar-refractivity contribution in [2.45, 2.75) is 134 Å². The highest BCUT2D eigenvalue weighted by molar-refractivity contribution is 6.74. The number of imidazole rings is 1. The summed E-state index contributed by atoms with van der Waals surface area (Å²) in [5.74, 6) is 1.62. The van der Waals surface area contributed by atoms with E-state index in [1.165, 1.54) is 56.1 Å². The normalized spacial score (nSPS) is 25.0. The van der Waals surface area contributed by atoms with E-state index in [4.69, 9.17) is 9.41 Å². The Hall–Kier alpha value is -2.19. The van der Waals surface area contributed by atoms with Gasteiger partial charge in [-0.05, 0) is 98.5 Å². The van der Waals surface area contributed by atoms with Crippen LogP contribution in [0.15, 0.2) is 12.1 Å². The molecule has 0 radical (unpaired) electrons. The number of benzene rings is 1. The molecule has 2 amide bonds. The van der Waals surface area contributed by atoms with Gasteiger partial charge >= 0.3 is 0 Å². The Morgan fingerprint density at radius 3 is 2.24 bits per heavy atom. The lowest BCUT2D eigenvalue weighted by molar-refractivity contribution is -0.138. The summed E-state index contributed by atoms with van der Waals surface area (Å²) in [5.41, 5.74) is 4.83. The van der Waals surface area contributed by atoms with Crippen LogP contribution < -0.4 is 0 Å². The van der Waals surface area contributed by atoms with Gasteiger partial charge in [-0.25, -0.2) is 4.98 Å². The first-order chi connectivity index (χ1) is 19.9. The summed E-state index contributed by atoms with van der Waals surface area (Å²) in [6.45, 7) is 12.8. The predicted molar refractivity (Wildman–Crippen MR) is 170 cm³/mol. The van der Waals surface area contributed by atoms with Crippen LogP contribution in [0.2, 0.25) is 18.1 Å². The van der Waals surface area contributed by atoms with Crippen molar-refractivity contribution in [2.75, 3.05) is 19.6 Å². The fraction of sp³-hybridized carbons (Fsp3) is 0.735. The van der Waals surface area contributed by atoms with Crippen LogP contribution in [0.4, 0.5) is 0 Å². The monoisotopic (exact) mass is 592 g/mol. The Morgan fingerprint density at radius 2 is 1.62 bits per heavy atom. The van der Waals surface area contributed by atoms with Gasteiger partial charge < -0.3 is 18.8 Å². The van der Waals surface area contributed by atoms with Crippen LogP contribution in [0, 0.1) is 0 Å². The van der Waals surface area contributed by atoms with Crippen LogP contribution in [0.25, 0.3) is 11.0 Å². The molecule has 3 saturated carbocycles. The third-order valence-electron chi connectivity index (χ3n) is 11.2. The topological polar surface area (TPSA) is 67.7 Å². The number of carbonyl (C=O) groups is 2. The summed E-state index contributed by atoms with van der Waals surface area (Å²) in [4.78, 5) is 36.0. The summed E-state index contributed by atoms with van der Waals surface area (Å²) in [7, 11) is 0.188. The molecule has 6 rings (SSSR count). The predicted octanol–water partition coefficient (Wildman–Crippen LogP) is 7.12. The molecule has 7 nitrogen and oxygen atoms in total. The molecule has 4 aliphatic rings. The fourth-order valence-electron chi connectivity index (χ4n) is 7.36. The van der Waals surface area contributed by atoms with E-state index in [-0.39, 0.29) is 29.4 Å². The van der Waals surface area contributed by atoms with Gasteiger partial charge in [0.15, 0.2) is 14.1 Å². The number of hydrogen-bond donors (Lipinski definition) is 0. The van der Waals surface area contributed by atoms with Gasteiger partial charge in [0.2, 0.25) is 5.91 Å². The van der Waals surface area contributed by atoms with Crippen molar-refractivity contribution in [1.82, 2.24) is 19.4 Å². The van der Waals surface area contributed by atoms with Crippen LogP contribution in [0.3, 0.4) is 0 Å². The molecule has 1 aromatic carbocycles. The maximum atomic E-state index is 13.9. The van der Waals surface area contributed by atoms with Crippen LogP contribution in [-0.4, -0.2) is 71.3 Å². The Bertz CT molecular complexity index is 1330. The molecule has 0 bridgehead atoms. The summed E-state index contributed by atoms with van der Waals surface area (Å²) in [6.07, 6.45) is 13.1. The molecule has 230 valence electrons. The highest BCUT2D eigenvalue weighted by Crippen LogP contribution is 2.45. The molecule has 3 aliphatic carbocycles. The second-order valence-electron chi connectivity index (χ2n) is 15.2. The Labute approximate surface area is 253 Å². The lowest BCUT2D eigenvalue weighted by Gasteiger charge is -2.44. The van der Waals surface area contributed by atoms with Crippen molar-refractivity contribution in [2.24, 2.45) is 7.05 Å². The number of piperazine rings is 1. The molecule has 0 atom stereocenters. The zero-order valence-corrected chi connectivity index (χ0v) is 27.9. The van der Waals surface area contributed by atoms with Gasteiger partial charge in [-0.3, -0.25) is 9.59 Å². The standard InChI is InChI=1S/C34H52N4O3Si/c1-34(2,3)42(5,6)41-27-16-14-26(15-17-27)38-19-18-37(22-30(38)39)33(40)32-35-31-28(24-10-8-7-9-11-24)20-25(23-12-13-23)21-29(31)36(32)4/h20-21,23-24,26-27H,7-19,22H2,1-6H3/t26-,27-. The van der Waals surface area contributed by atoms with Crippen molar-refractivity contribution in [3.05, 3.63) is 29.1 Å². The Balaban J connectivity index is 1.13. The molecule has 8 heteroatoms. The van der Waals surface area contributed by atoms with Gasteiger partial charge in [-0.2, -0.15) is 0 Å². The highest BCUT2D eigenvalue weighted by atomic mass is 28.4. The molecule has 1 aliphatic heterocycles. The number of aromatic nitrogens is 2. The zero-order chi connectivity index (χ0) is 29.8. The lowest BCUT2D eigenvalue weighted by atomic mass is 9.82. The average Bonchev–Trinajstić information content (AvgIpc) is 3.76. The highest BCUT2D eigenvalue weighted by Gasteiger charge is 2.41. The van der Waals surface area contributed by atoms with E-state index in [0.29, 0.717) is 36.9 Å². The third-order valence-corrected chi connectivity index (χ3v) is 15.8. The molecular weight excluding hydrogens is 540 g/mol. The molecule has 2 heterocycles.